The minimum atomic E-state index is -3.42. The van der Waals surface area contributed by atoms with Crippen LogP contribution in [-0.4, -0.2) is 143 Å². The fraction of sp³-hybridized carbons (Fsp3) is 0.151. The number of nitrogens with one attached hydrogen (secondary N) is 6. The van der Waals surface area contributed by atoms with Gasteiger partial charge < -0.3 is 47.0 Å². The number of rotatable bonds is 27. The van der Waals surface area contributed by atoms with Gasteiger partial charge in [0.15, 0.2) is 19.7 Å². The number of carbonyl (C=O) groups is 6. The Morgan fingerprint density at radius 3 is 1.06 bits per heavy atom. The average molecular weight is 1840 g/mol. The topological polar surface area (TPSA) is 351 Å². The molecule has 0 spiro atoms. The molecule has 32 heteroatoms. The van der Waals surface area contributed by atoms with Gasteiger partial charge in [0, 0.05) is 111 Å². The Kier molecular flexibility index (Phi) is 34.6. The minimum absolute atomic E-state index is 0.0483. The van der Waals surface area contributed by atoms with Crippen LogP contribution in [0.3, 0.4) is 0 Å². The molecule has 642 valence electrons. The molecule has 0 aliphatic carbocycles. The summed E-state index contributed by atoms with van der Waals surface area (Å²) in [5.74, 6) is -2.60. The number of amides is 6. The van der Waals surface area contributed by atoms with E-state index in [1.54, 1.807) is 165 Å². The van der Waals surface area contributed by atoms with Crippen LogP contribution in [0.2, 0.25) is 30.1 Å². The number of nitrogens with zero attached hydrogens (tertiary/aromatic N) is 6. The molecular formula is C93H84Cl6N12O12S2. The first kappa shape index (κ1) is 95.1. The van der Waals surface area contributed by atoms with Crippen LogP contribution < -0.4 is 31.9 Å². The van der Waals surface area contributed by atoms with E-state index in [1.807, 2.05) is 111 Å². The summed E-state index contributed by atoms with van der Waals surface area (Å²) in [6.07, 6.45) is 5.10. The standard InChI is InChI=1S/C26H20Cl2N4O2.C23H24ClN3O3S.C22H19Cl2N3O3.C22H21ClN2O4S/c1-16-5-4-6-19(31-16)15-30-25(33)17-8-10-20(23(28)13-17)26(34)32-18-9-11-22(27)21(14-18)24-7-2-3-12-29-24;1-27(2)13-14-31(29,30)16-17-6-8-18(9-7-17)23(28)26-19-10-11-21(24)20(15-19)22-5-3-4-12-25-22;1-13(28)12-26-21(29)14-5-7-16(19(24)10-14)22(30)27-15-6-8-18(23)17(11-15)20-4-2-3-9-25-20;1-15(26)13-30(28,29)14-16-5-7-17(8-6-16)22(27)25-18-9-10-20(23)19(12-18)21-4-2-3-11-24-21/h2-14H,15H2,1H3,(H,30,33)(H,32,34);3-12,15H,13-14,16H2,1-2H3,(H,26,28);2-11,13,28H,12H2,1H3,(H,26,29)(H,27,30);2-12,15,26H,13-14H2,1H3,(H,25,27)/t;;13-;/m..1./s1. The summed E-state index contributed by atoms with van der Waals surface area (Å²) >= 11 is 37.7. The van der Waals surface area contributed by atoms with Gasteiger partial charge in [0.25, 0.3) is 35.4 Å². The van der Waals surface area contributed by atoms with Gasteiger partial charge in [-0.2, -0.15) is 0 Å². The molecule has 0 radical (unpaired) electrons. The Morgan fingerprint density at radius 2 is 0.728 bits per heavy atom. The monoisotopic (exact) mass is 1830 g/mol. The van der Waals surface area contributed by atoms with E-state index in [-0.39, 0.29) is 80.9 Å². The number of hydrogen-bond acceptors (Lipinski definition) is 18. The molecule has 8 N–H and O–H groups in total. The molecule has 24 nitrogen and oxygen atoms in total. The van der Waals surface area contributed by atoms with Crippen LogP contribution in [0.4, 0.5) is 22.7 Å². The second kappa shape index (κ2) is 45.5. The second-order valence-corrected chi connectivity index (χ2v) is 35.3. The van der Waals surface area contributed by atoms with E-state index >= 15 is 0 Å². The zero-order valence-corrected chi connectivity index (χ0v) is 74.0. The van der Waals surface area contributed by atoms with Gasteiger partial charge in [-0.25, -0.2) is 16.8 Å². The van der Waals surface area contributed by atoms with E-state index in [0.29, 0.717) is 122 Å². The number of anilines is 4. The summed E-state index contributed by atoms with van der Waals surface area (Å²) in [7, 11) is -2.95. The predicted molar refractivity (Wildman–Crippen MR) is 496 cm³/mol. The average Bonchev–Trinajstić information content (AvgIpc) is 0.816. The van der Waals surface area contributed by atoms with Crippen molar-refractivity contribution in [2.24, 2.45) is 0 Å². The molecule has 2 atom stereocenters. The van der Waals surface area contributed by atoms with Crippen molar-refractivity contribution in [3.05, 3.63) is 360 Å². The summed E-state index contributed by atoms with van der Waals surface area (Å²) < 4.78 is 48.4. The minimum Gasteiger partial charge on any atom is -0.392 e. The Morgan fingerprint density at radius 1 is 0.376 bits per heavy atom. The van der Waals surface area contributed by atoms with Crippen molar-refractivity contribution < 1.29 is 55.8 Å². The highest BCUT2D eigenvalue weighted by atomic mass is 35.5. The lowest BCUT2D eigenvalue weighted by Crippen LogP contribution is -2.30. The lowest BCUT2D eigenvalue weighted by Gasteiger charge is -2.11. The smallest absolute Gasteiger partial charge is 0.257 e. The summed E-state index contributed by atoms with van der Waals surface area (Å²) in [4.78, 5) is 98.7. The molecule has 0 saturated carbocycles. The van der Waals surface area contributed by atoms with Crippen molar-refractivity contribution in [1.29, 1.82) is 0 Å². The summed E-state index contributed by atoms with van der Waals surface area (Å²) in [5.41, 5.74) is 12.6. The van der Waals surface area contributed by atoms with Crippen LogP contribution in [0.25, 0.3) is 45.0 Å². The first-order valence-electron chi connectivity index (χ1n) is 38.5. The Hall–Kier alpha value is -12.2. The summed E-state index contributed by atoms with van der Waals surface area (Å²) in [5, 5.41) is 37.6. The molecule has 125 heavy (non-hydrogen) atoms. The Labute approximate surface area is 753 Å². The molecule has 5 aromatic heterocycles. The fourth-order valence-electron chi connectivity index (χ4n) is 11.9. The third kappa shape index (κ3) is 29.2. The summed E-state index contributed by atoms with van der Waals surface area (Å²) in [6.45, 7) is 5.77. The fourth-order valence-corrected chi connectivity index (χ4v) is 16.3. The largest absolute Gasteiger partial charge is 0.392 e. The molecule has 1 unspecified atom stereocenters. The van der Waals surface area contributed by atoms with E-state index in [1.165, 1.54) is 37.3 Å². The molecule has 0 aliphatic rings. The normalized spacial score (nSPS) is 11.5. The first-order valence-corrected chi connectivity index (χ1v) is 44.4. The molecule has 13 rings (SSSR count). The molecular weight excluding hydrogens is 1750 g/mol. The molecule has 0 aliphatic heterocycles. The number of benzene rings is 8. The number of aryl methyl sites for hydroxylation is 1. The van der Waals surface area contributed by atoms with E-state index in [4.69, 9.17) is 69.6 Å². The van der Waals surface area contributed by atoms with E-state index < -0.39 is 43.7 Å². The molecule has 0 bridgehead atoms. The predicted octanol–water partition coefficient (Wildman–Crippen LogP) is 18.4. The van der Waals surface area contributed by atoms with Gasteiger partial charge in [-0.1, -0.05) is 124 Å². The van der Waals surface area contributed by atoms with E-state index in [2.05, 4.69) is 56.8 Å². The number of sulfone groups is 2. The zero-order chi connectivity index (χ0) is 89.9. The number of aliphatic hydroxyl groups excluding tert-OH is 2. The van der Waals surface area contributed by atoms with Crippen molar-refractivity contribution in [2.75, 3.05) is 60.0 Å². The number of hydrogen-bond donors (Lipinski definition) is 8. The van der Waals surface area contributed by atoms with Crippen molar-refractivity contribution >= 4 is 147 Å². The molecule has 0 saturated heterocycles. The number of halogens is 6. The number of aromatic nitrogens is 5. The van der Waals surface area contributed by atoms with Crippen LogP contribution in [0, 0.1) is 6.92 Å². The van der Waals surface area contributed by atoms with Gasteiger partial charge in [0.2, 0.25) is 0 Å². The number of aliphatic hydroxyl groups is 2. The van der Waals surface area contributed by atoms with Crippen molar-refractivity contribution in [1.82, 2.24) is 40.5 Å². The third-order valence-corrected chi connectivity index (χ3v) is 23.4. The van der Waals surface area contributed by atoms with E-state index in [0.717, 1.165) is 17.0 Å². The zero-order valence-electron chi connectivity index (χ0n) is 67.8. The Bertz CT molecular complexity index is 6220. The third-order valence-electron chi connectivity index (χ3n) is 18.1. The first-order chi connectivity index (χ1) is 59.7. The van der Waals surface area contributed by atoms with Gasteiger partial charge in [0.1, 0.15) is 0 Å². The van der Waals surface area contributed by atoms with Crippen molar-refractivity contribution in [2.45, 2.75) is 51.0 Å². The lowest BCUT2D eigenvalue weighted by atomic mass is 10.1. The van der Waals surface area contributed by atoms with Crippen LogP contribution >= 0.6 is 69.6 Å². The van der Waals surface area contributed by atoms with Crippen LogP contribution in [-0.2, 0) is 37.7 Å². The highest BCUT2D eigenvalue weighted by Crippen LogP contribution is 2.35. The lowest BCUT2D eigenvalue weighted by molar-refractivity contribution is 0.0921. The highest BCUT2D eigenvalue weighted by molar-refractivity contribution is 7.90. The van der Waals surface area contributed by atoms with Crippen LogP contribution in [0.5, 0.6) is 0 Å². The highest BCUT2D eigenvalue weighted by Gasteiger charge is 2.22. The molecule has 13 aromatic rings. The second-order valence-electron chi connectivity index (χ2n) is 28.5. The Balaban J connectivity index is 0.000000174. The maximum Gasteiger partial charge on any atom is 0.257 e. The van der Waals surface area contributed by atoms with Gasteiger partial charge in [0.05, 0.1) is 111 Å². The number of carbonyl (C=O) groups excluding carboxylic acids is 6. The number of pyridine rings is 5. The summed E-state index contributed by atoms with van der Waals surface area (Å²) in [6, 6.07) is 70.0. The van der Waals surface area contributed by atoms with Crippen LogP contribution in [0.1, 0.15) is 98.5 Å². The van der Waals surface area contributed by atoms with Crippen molar-refractivity contribution in [3.63, 3.8) is 0 Å². The van der Waals surface area contributed by atoms with Gasteiger partial charge in [-0.15, -0.1) is 0 Å². The van der Waals surface area contributed by atoms with Crippen LogP contribution in [0.15, 0.2) is 274 Å². The van der Waals surface area contributed by atoms with Gasteiger partial charge in [-0.05, 0) is 240 Å². The quantitative estimate of drug-likeness (QED) is 0.0237. The SMILES string of the molecule is CC(O)CS(=O)(=O)Cc1ccc(C(=O)Nc2ccc(Cl)c(-c3ccccn3)c2)cc1.CN(C)CCS(=O)(=O)Cc1ccc(C(=O)Nc2ccc(Cl)c(-c3ccccn3)c2)cc1.C[C@@H](O)CNC(=O)c1ccc(C(=O)Nc2ccc(Cl)c(-c3ccccn3)c2)c(Cl)c1.Cc1cccc(CNC(=O)c2ccc(C(=O)Nc3ccc(Cl)c(-c4ccccn4)c3)c(Cl)c2)n1. The van der Waals surface area contributed by atoms with Crippen molar-refractivity contribution in [3.8, 4) is 45.0 Å². The van der Waals surface area contributed by atoms with Gasteiger partial charge in [-0.3, -0.25) is 53.7 Å². The maximum absolute atomic E-state index is 12.8. The molecule has 6 amide bonds. The molecule has 0 fully saturated rings. The molecule has 8 aromatic carbocycles. The molecule has 5 heterocycles. The van der Waals surface area contributed by atoms with E-state index in [9.17, 15) is 55.8 Å². The maximum atomic E-state index is 12.8. The van der Waals surface area contributed by atoms with Gasteiger partial charge >= 0.3 is 0 Å².